The number of pyridine rings is 1. The van der Waals surface area contributed by atoms with Crippen molar-refractivity contribution in [3.63, 3.8) is 0 Å². The minimum absolute atomic E-state index is 0.0852. The molecule has 5 rings (SSSR count). The zero-order valence-corrected chi connectivity index (χ0v) is 22.8. The number of para-hydroxylation sites is 2. The number of ether oxygens (including phenoxy) is 2. The van der Waals surface area contributed by atoms with Crippen LogP contribution in [0.4, 0.5) is 5.69 Å². The minimum Gasteiger partial charge on any atom is -0.493 e. The van der Waals surface area contributed by atoms with Crippen LogP contribution >= 0.6 is 11.8 Å². The van der Waals surface area contributed by atoms with Gasteiger partial charge in [-0.25, -0.2) is 4.98 Å². The highest BCUT2D eigenvalue weighted by molar-refractivity contribution is 7.99. The van der Waals surface area contributed by atoms with E-state index in [0.717, 1.165) is 41.9 Å². The van der Waals surface area contributed by atoms with Crippen LogP contribution in [0.5, 0.6) is 11.5 Å². The molecule has 0 fully saturated rings. The van der Waals surface area contributed by atoms with Gasteiger partial charge in [-0.3, -0.25) is 4.79 Å². The number of aromatic nitrogens is 1. The van der Waals surface area contributed by atoms with Crippen LogP contribution < -0.4 is 14.4 Å². The van der Waals surface area contributed by atoms with E-state index in [1.807, 2.05) is 77.7 Å². The second-order valence-corrected chi connectivity index (χ2v) is 10.2. The Morgan fingerprint density at radius 1 is 1.00 bits per heavy atom. The predicted octanol–water partition coefficient (Wildman–Crippen LogP) is 6.77. The number of nitriles is 1. The molecule has 0 unspecified atom stereocenters. The zero-order valence-electron chi connectivity index (χ0n) is 22.0. The monoisotopic (exact) mass is 535 g/mol. The molecule has 1 aliphatic rings. The third kappa shape index (κ3) is 5.47. The number of rotatable bonds is 8. The third-order valence-electron chi connectivity index (χ3n) is 6.83. The van der Waals surface area contributed by atoms with Gasteiger partial charge in [-0.2, -0.15) is 5.26 Å². The van der Waals surface area contributed by atoms with Gasteiger partial charge < -0.3 is 14.4 Å². The van der Waals surface area contributed by atoms with Crippen molar-refractivity contribution in [2.24, 2.45) is 0 Å². The number of hydrogen-bond donors (Lipinski definition) is 0. The first-order chi connectivity index (χ1) is 19.1. The van der Waals surface area contributed by atoms with Crippen molar-refractivity contribution in [2.45, 2.75) is 24.3 Å². The van der Waals surface area contributed by atoms with Crippen molar-refractivity contribution in [2.75, 3.05) is 31.4 Å². The number of methoxy groups -OCH3 is 2. The zero-order chi connectivity index (χ0) is 27.2. The summed E-state index contributed by atoms with van der Waals surface area (Å²) >= 11 is 1.43. The highest BCUT2D eigenvalue weighted by Crippen LogP contribution is 2.42. The van der Waals surface area contributed by atoms with Gasteiger partial charge in [0, 0.05) is 41.1 Å². The summed E-state index contributed by atoms with van der Waals surface area (Å²) in [5, 5.41) is 10.9. The van der Waals surface area contributed by atoms with E-state index in [4.69, 9.17) is 14.5 Å². The lowest BCUT2D eigenvalue weighted by atomic mass is 9.98. The molecule has 1 aromatic heterocycles. The van der Waals surface area contributed by atoms with Crippen molar-refractivity contribution < 1.29 is 14.3 Å². The molecule has 0 atom stereocenters. The summed E-state index contributed by atoms with van der Waals surface area (Å²) in [7, 11) is 3.18. The minimum atomic E-state index is 0.0852. The molecule has 196 valence electrons. The fraction of sp³-hybridized carbons (Fsp3) is 0.219. The topological polar surface area (TPSA) is 75.5 Å². The Kier molecular flexibility index (Phi) is 8.14. The molecule has 0 bridgehead atoms. The number of anilines is 1. The molecular formula is C32H29N3O3S. The second-order valence-electron chi connectivity index (χ2n) is 9.13. The van der Waals surface area contributed by atoms with Crippen LogP contribution in [0.3, 0.4) is 0 Å². The lowest BCUT2D eigenvalue weighted by Crippen LogP contribution is -2.35. The van der Waals surface area contributed by atoms with Crippen LogP contribution in [0, 0.1) is 11.3 Å². The molecule has 0 aliphatic carbocycles. The highest BCUT2D eigenvalue weighted by Gasteiger charge is 2.23. The van der Waals surface area contributed by atoms with E-state index in [2.05, 4.69) is 12.1 Å². The van der Waals surface area contributed by atoms with E-state index in [0.29, 0.717) is 39.8 Å². The average molecular weight is 536 g/mol. The predicted molar refractivity (Wildman–Crippen MR) is 155 cm³/mol. The highest BCUT2D eigenvalue weighted by atomic mass is 32.2. The molecule has 0 radical (unpaired) electrons. The van der Waals surface area contributed by atoms with Crippen LogP contribution in [0.15, 0.2) is 83.9 Å². The number of carbonyl (C=O) groups is 1. The maximum absolute atomic E-state index is 13.2. The Hall–Kier alpha value is -4.28. The fourth-order valence-electron chi connectivity index (χ4n) is 4.97. The van der Waals surface area contributed by atoms with Crippen LogP contribution in [0.1, 0.15) is 24.0 Å². The van der Waals surface area contributed by atoms with Gasteiger partial charge in [-0.05, 0) is 36.6 Å². The van der Waals surface area contributed by atoms with Crippen molar-refractivity contribution in [3.05, 3.63) is 90.0 Å². The summed E-state index contributed by atoms with van der Waals surface area (Å²) in [5.41, 5.74) is 5.80. The summed E-state index contributed by atoms with van der Waals surface area (Å²) in [6, 6.07) is 27.9. The first-order valence-electron chi connectivity index (χ1n) is 12.9. The van der Waals surface area contributed by atoms with Gasteiger partial charge in [0.1, 0.15) is 11.1 Å². The smallest absolute Gasteiger partial charge is 0.227 e. The van der Waals surface area contributed by atoms with E-state index in [9.17, 15) is 10.1 Å². The maximum Gasteiger partial charge on any atom is 0.227 e. The van der Waals surface area contributed by atoms with Crippen LogP contribution in [-0.4, -0.2) is 37.4 Å². The van der Waals surface area contributed by atoms with Gasteiger partial charge in [-0.15, -0.1) is 11.8 Å². The number of fused-ring (bicyclic) bond motifs is 1. The van der Waals surface area contributed by atoms with E-state index >= 15 is 0 Å². The van der Waals surface area contributed by atoms with E-state index in [1.165, 1.54) is 17.3 Å². The molecule has 0 spiro atoms. The fourth-order valence-corrected chi connectivity index (χ4v) is 5.90. The number of nitrogens with zero attached hydrogens (tertiary/aromatic N) is 3. The number of aryl methyl sites for hydroxylation is 1. The van der Waals surface area contributed by atoms with E-state index in [-0.39, 0.29) is 5.91 Å². The molecule has 1 amide bonds. The lowest BCUT2D eigenvalue weighted by Gasteiger charge is -2.29. The van der Waals surface area contributed by atoms with Crippen LogP contribution in [0.2, 0.25) is 0 Å². The van der Waals surface area contributed by atoms with Crippen LogP contribution in [0.25, 0.3) is 22.4 Å². The number of benzene rings is 3. The molecule has 39 heavy (non-hydrogen) atoms. The Morgan fingerprint density at radius 2 is 1.79 bits per heavy atom. The average Bonchev–Trinajstić information content (AvgIpc) is 3.00. The summed E-state index contributed by atoms with van der Waals surface area (Å²) < 4.78 is 11.2. The maximum atomic E-state index is 13.2. The van der Waals surface area contributed by atoms with Crippen molar-refractivity contribution in [1.29, 1.82) is 5.26 Å². The molecule has 2 heterocycles. The first kappa shape index (κ1) is 26.3. The number of amides is 1. The molecule has 1 aliphatic heterocycles. The molecule has 0 saturated carbocycles. The number of carbonyl (C=O) groups excluding carboxylic acids is 1. The molecule has 3 aromatic carbocycles. The Balaban J connectivity index is 1.48. The van der Waals surface area contributed by atoms with E-state index < -0.39 is 0 Å². The standard InChI is InChI=1S/C32H29N3O3S/c1-37-29-16-8-14-24(31(29)38-2)25-20-27(22-10-4-3-5-11-22)34-32(26(25)21-33)39-19-17-30(36)35-18-9-13-23-12-6-7-15-28(23)35/h3-8,10-12,14-16,20H,9,13,17-19H2,1-2H3. The summed E-state index contributed by atoms with van der Waals surface area (Å²) in [5.74, 6) is 1.73. The van der Waals surface area contributed by atoms with Crippen molar-refractivity contribution in [3.8, 4) is 40.0 Å². The Labute approximate surface area is 233 Å². The molecule has 7 heteroatoms. The van der Waals surface area contributed by atoms with Crippen LogP contribution in [-0.2, 0) is 11.2 Å². The van der Waals surface area contributed by atoms with E-state index in [1.54, 1.807) is 14.2 Å². The quantitative estimate of drug-likeness (QED) is 0.232. The molecule has 0 N–H and O–H groups in total. The van der Waals surface area contributed by atoms with Crippen molar-refractivity contribution >= 4 is 23.4 Å². The lowest BCUT2D eigenvalue weighted by molar-refractivity contribution is -0.118. The molecular weight excluding hydrogens is 506 g/mol. The van der Waals surface area contributed by atoms with Gasteiger partial charge >= 0.3 is 0 Å². The van der Waals surface area contributed by atoms with Gasteiger partial charge in [0.15, 0.2) is 11.5 Å². The number of thioether (sulfide) groups is 1. The molecule has 4 aromatic rings. The van der Waals surface area contributed by atoms with Gasteiger partial charge in [0.05, 0.1) is 25.5 Å². The third-order valence-corrected chi connectivity index (χ3v) is 7.80. The van der Waals surface area contributed by atoms with Crippen molar-refractivity contribution in [1.82, 2.24) is 4.98 Å². The Morgan fingerprint density at radius 3 is 2.56 bits per heavy atom. The summed E-state index contributed by atoms with van der Waals surface area (Å²) in [6.45, 7) is 0.728. The second kappa shape index (κ2) is 12.1. The van der Waals surface area contributed by atoms with Gasteiger partial charge in [0.2, 0.25) is 5.91 Å². The van der Waals surface area contributed by atoms with Gasteiger partial charge in [-0.1, -0.05) is 60.7 Å². The Bertz CT molecular complexity index is 1530. The first-order valence-corrected chi connectivity index (χ1v) is 13.9. The largest absolute Gasteiger partial charge is 0.493 e. The summed E-state index contributed by atoms with van der Waals surface area (Å²) in [4.78, 5) is 20.0. The normalized spacial score (nSPS) is 12.4. The SMILES string of the molecule is COc1cccc(-c2cc(-c3ccccc3)nc(SCCC(=O)N3CCCc4ccccc43)c2C#N)c1OC. The molecule has 0 saturated heterocycles. The molecule has 6 nitrogen and oxygen atoms in total. The number of hydrogen-bond acceptors (Lipinski definition) is 6. The van der Waals surface area contributed by atoms with Gasteiger partial charge in [0.25, 0.3) is 0 Å². The summed E-state index contributed by atoms with van der Waals surface area (Å²) in [6.07, 6.45) is 2.30.